The first-order chi connectivity index (χ1) is 5.42. The van der Waals surface area contributed by atoms with Crippen molar-refractivity contribution in [3.63, 3.8) is 0 Å². The van der Waals surface area contributed by atoms with Crippen LogP contribution in [0.5, 0.6) is 0 Å². The molecule has 0 aromatic heterocycles. The van der Waals surface area contributed by atoms with Crippen LogP contribution >= 0.6 is 0 Å². The monoisotopic (exact) mass is 171 g/mol. The molecule has 0 saturated carbocycles. The number of carboxylic acids is 1. The van der Waals surface area contributed by atoms with Crippen LogP contribution in [0.2, 0.25) is 0 Å². The van der Waals surface area contributed by atoms with Gasteiger partial charge in [-0.15, -0.1) is 0 Å². The Bertz CT molecular complexity index is 217. The molecule has 0 aliphatic rings. The predicted octanol–water partition coefficient (Wildman–Crippen LogP) is 2.19. The summed E-state index contributed by atoms with van der Waals surface area (Å²) in [5.41, 5.74) is 6.86. The van der Waals surface area contributed by atoms with Crippen LogP contribution in [0.25, 0.3) is 10.4 Å². The number of hydrogen-bond acceptors (Lipinski definition) is 2. The lowest BCUT2D eigenvalue weighted by molar-refractivity contribution is -0.143. The third-order valence-electron chi connectivity index (χ3n) is 1.53. The summed E-state index contributed by atoms with van der Waals surface area (Å²) in [5, 5.41) is 12.0. The molecule has 0 aromatic carbocycles. The molecular weight excluding hydrogens is 158 g/mol. The van der Waals surface area contributed by atoms with E-state index in [1.54, 1.807) is 0 Å². The summed E-state index contributed by atoms with van der Waals surface area (Å²) in [6.07, 6.45) is 0.354. The molecule has 1 unspecified atom stereocenters. The summed E-state index contributed by atoms with van der Waals surface area (Å²) in [6, 6.07) is 0. The molecule has 5 nitrogen and oxygen atoms in total. The third kappa shape index (κ3) is 2.80. The minimum atomic E-state index is -1.30. The Hall–Kier alpha value is -1.22. The quantitative estimate of drug-likeness (QED) is 0.399. The molecule has 0 aliphatic heterocycles. The van der Waals surface area contributed by atoms with Gasteiger partial charge in [0.1, 0.15) is 5.54 Å². The lowest BCUT2D eigenvalue weighted by Crippen LogP contribution is -2.33. The molecule has 0 aliphatic carbocycles. The highest BCUT2D eigenvalue weighted by molar-refractivity contribution is 5.78. The summed E-state index contributed by atoms with van der Waals surface area (Å²) in [7, 11) is 0. The van der Waals surface area contributed by atoms with E-state index in [1.165, 1.54) is 6.92 Å². The van der Waals surface area contributed by atoms with Crippen molar-refractivity contribution >= 4 is 5.97 Å². The van der Waals surface area contributed by atoms with Crippen molar-refractivity contribution in [1.82, 2.24) is 0 Å². The van der Waals surface area contributed by atoms with Crippen LogP contribution < -0.4 is 0 Å². The first-order valence-corrected chi connectivity index (χ1v) is 3.72. The van der Waals surface area contributed by atoms with Gasteiger partial charge in [-0.2, -0.15) is 0 Å². The van der Waals surface area contributed by atoms with Gasteiger partial charge >= 0.3 is 5.97 Å². The molecule has 1 N–H and O–H groups in total. The SMILES string of the molecule is CC(C)CC(C)(N=[N+]=[N-])C(=O)O. The molecule has 12 heavy (non-hydrogen) atoms. The van der Waals surface area contributed by atoms with Gasteiger partial charge in [0.15, 0.2) is 0 Å². The molecule has 0 aromatic rings. The normalized spacial score (nSPS) is 15.0. The highest BCUT2D eigenvalue weighted by Gasteiger charge is 2.32. The number of carboxylic acid groups (broad SMARTS) is 1. The molecule has 0 bridgehead atoms. The van der Waals surface area contributed by atoms with E-state index in [2.05, 4.69) is 10.0 Å². The third-order valence-corrected chi connectivity index (χ3v) is 1.53. The summed E-state index contributed by atoms with van der Waals surface area (Å²) in [6.45, 7) is 5.19. The zero-order valence-electron chi connectivity index (χ0n) is 7.48. The number of nitrogens with zero attached hydrogens (tertiary/aromatic N) is 3. The largest absolute Gasteiger partial charge is 0.481 e. The number of azide groups is 1. The number of carbonyl (C=O) groups is 1. The first-order valence-electron chi connectivity index (χ1n) is 3.72. The minimum Gasteiger partial charge on any atom is -0.481 e. The van der Waals surface area contributed by atoms with E-state index in [1.807, 2.05) is 13.8 Å². The van der Waals surface area contributed by atoms with E-state index in [0.29, 0.717) is 6.42 Å². The Kier molecular flexibility index (Phi) is 3.57. The molecule has 0 heterocycles. The predicted molar refractivity (Wildman–Crippen MR) is 44.6 cm³/mol. The fraction of sp³-hybridized carbons (Fsp3) is 0.857. The number of rotatable bonds is 4. The van der Waals surface area contributed by atoms with E-state index in [4.69, 9.17) is 10.6 Å². The Balaban J connectivity index is 4.62. The molecule has 0 spiro atoms. The first kappa shape index (κ1) is 10.8. The Morgan fingerprint density at radius 2 is 2.25 bits per heavy atom. The highest BCUT2D eigenvalue weighted by atomic mass is 16.4. The van der Waals surface area contributed by atoms with Crippen molar-refractivity contribution in [1.29, 1.82) is 0 Å². The fourth-order valence-corrected chi connectivity index (χ4v) is 1.06. The average molecular weight is 171 g/mol. The van der Waals surface area contributed by atoms with Gasteiger partial charge in [0.05, 0.1) is 0 Å². The van der Waals surface area contributed by atoms with Crippen molar-refractivity contribution < 1.29 is 9.90 Å². The van der Waals surface area contributed by atoms with E-state index in [9.17, 15) is 4.79 Å². The number of aliphatic carboxylic acids is 1. The summed E-state index contributed by atoms with van der Waals surface area (Å²) in [4.78, 5) is 13.2. The minimum absolute atomic E-state index is 0.191. The molecule has 1 atom stereocenters. The smallest absolute Gasteiger partial charge is 0.315 e. The maximum Gasteiger partial charge on any atom is 0.315 e. The van der Waals surface area contributed by atoms with Gasteiger partial charge in [-0.05, 0) is 24.8 Å². The van der Waals surface area contributed by atoms with Crippen LogP contribution in [0.1, 0.15) is 27.2 Å². The molecular formula is C7H13N3O2. The average Bonchev–Trinajstić information content (AvgIpc) is 1.85. The Morgan fingerprint density at radius 3 is 2.50 bits per heavy atom. The number of hydrogen-bond donors (Lipinski definition) is 1. The van der Waals surface area contributed by atoms with Gasteiger partial charge in [0.2, 0.25) is 0 Å². The summed E-state index contributed by atoms with van der Waals surface area (Å²) in [5.74, 6) is -0.884. The van der Waals surface area contributed by atoms with Crippen molar-refractivity contribution in [2.24, 2.45) is 11.0 Å². The molecule has 68 valence electrons. The van der Waals surface area contributed by atoms with Gasteiger partial charge in [-0.3, -0.25) is 4.79 Å². The Labute approximate surface area is 71.0 Å². The lowest BCUT2D eigenvalue weighted by atomic mass is 9.92. The molecule has 0 rings (SSSR count). The van der Waals surface area contributed by atoms with Crippen LogP contribution in [-0.4, -0.2) is 16.6 Å². The molecule has 5 heteroatoms. The van der Waals surface area contributed by atoms with Crippen LogP contribution in [0.3, 0.4) is 0 Å². The zero-order chi connectivity index (χ0) is 9.78. The van der Waals surface area contributed by atoms with Gasteiger partial charge in [0.25, 0.3) is 0 Å². The summed E-state index contributed by atoms with van der Waals surface area (Å²) >= 11 is 0. The van der Waals surface area contributed by atoms with E-state index in [0.717, 1.165) is 0 Å². The molecule has 0 saturated heterocycles. The second-order valence-corrected chi connectivity index (χ2v) is 3.37. The lowest BCUT2D eigenvalue weighted by Gasteiger charge is -2.20. The second-order valence-electron chi connectivity index (χ2n) is 3.37. The van der Waals surface area contributed by atoms with Gasteiger partial charge in [0, 0.05) is 4.91 Å². The van der Waals surface area contributed by atoms with E-state index >= 15 is 0 Å². The van der Waals surface area contributed by atoms with Crippen LogP contribution in [0, 0.1) is 5.92 Å². The topological polar surface area (TPSA) is 86.1 Å². The van der Waals surface area contributed by atoms with Gasteiger partial charge in [-0.25, -0.2) is 0 Å². The van der Waals surface area contributed by atoms with Crippen molar-refractivity contribution in [2.75, 3.05) is 0 Å². The van der Waals surface area contributed by atoms with Crippen LogP contribution in [0.15, 0.2) is 5.11 Å². The van der Waals surface area contributed by atoms with Crippen molar-refractivity contribution in [2.45, 2.75) is 32.7 Å². The van der Waals surface area contributed by atoms with Gasteiger partial charge < -0.3 is 5.11 Å². The fourth-order valence-electron chi connectivity index (χ4n) is 1.06. The zero-order valence-corrected chi connectivity index (χ0v) is 7.48. The van der Waals surface area contributed by atoms with Gasteiger partial charge in [-0.1, -0.05) is 19.0 Å². The summed E-state index contributed by atoms with van der Waals surface area (Å²) < 4.78 is 0. The van der Waals surface area contributed by atoms with Crippen molar-refractivity contribution in [3.8, 4) is 0 Å². The maximum absolute atomic E-state index is 10.7. The molecule has 0 radical (unpaired) electrons. The van der Waals surface area contributed by atoms with Crippen LogP contribution in [-0.2, 0) is 4.79 Å². The second kappa shape index (κ2) is 3.97. The van der Waals surface area contributed by atoms with E-state index < -0.39 is 11.5 Å². The highest BCUT2D eigenvalue weighted by Crippen LogP contribution is 2.21. The Morgan fingerprint density at radius 1 is 1.75 bits per heavy atom. The van der Waals surface area contributed by atoms with Crippen LogP contribution in [0.4, 0.5) is 0 Å². The van der Waals surface area contributed by atoms with E-state index in [-0.39, 0.29) is 5.92 Å². The molecule has 0 fully saturated rings. The maximum atomic E-state index is 10.7. The molecule has 0 amide bonds. The standard InChI is InChI=1S/C7H13N3O2/c1-5(2)4-7(3,6(11)12)9-10-8/h5H,4H2,1-3H3,(H,11,12). The van der Waals surface area contributed by atoms with Crippen molar-refractivity contribution in [3.05, 3.63) is 10.4 Å².